The van der Waals surface area contributed by atoms with Crippen molar-refractivity contribution in [1.29, 1.82) is 0 Å². The minimum Gasteiger partial charge on any atom is -0.455 e. The van der Waals surface area contributed by atoms with Crippen LogP contribution < -0.4 is 0 Å². The molecule has 28 aromatic rings. The maximum atomic E-state index is 6.17. The molecule has 7 heterocycles. The summed E-state index contributed by atoms with van der Waals surface area (Å²) in [5, 5.41) is 18.8. The van der Waals surface area contributed by atoms with Crippen molar-refractivity contribution in [2.24, 2.45) is 0 Å². The van der Waals surface area contributed by atoms with Gasteiger partial charge in [0.05, 0.1) is 0 Å². The molecule has 0 atom stereocenters. The second-order valence-electron chi connectivity index (χ2n) is 35.9. The molecule has 0 fully saturated rings. The minimum absolute atomic E-state index is 0.975. The highest BCUT2D eigenvalue weighted by molar-refractivity contribution is 7.28. The zero-order chi connectivity index (χ0) is 94.7. The highest BCUT2D eigenvalue weighted by Crippen LogP contribution is 2.48. The van der Waals surface area contributed by atoms with Crippen LogP contribution in [0.1, 0.15) is 38.9 Å². The minimum atomic E-state index is 0.975. The van der Waals surface area contributed by atoms with Crippen molar-refractivity contribution in [3.8, 4) is 77.9 Å². The van der Waals surface area contributed by atoms with Gasteiger partial charge in [-0.2, -0.15) is 0 Å². The van der Waals surface area contributed by atoms with Crippen LogP contribution in [0.15, 0.2) is 472 Å². The van der Waals surface area contributed by atoms with Gasteiger partial charge in [-0.25, -0.2) is 0 Å². The first-order valence-corrected chi connectivity index (χ1v) is 52.5. The van der Waals surface area contributed by atoms with Crippen molar-refractivity contribution in [3.63, 3.8) is 0 Å². The molecular weight excluding hydrogens is 1810 g/mol. The van der Waals surface area contributed by atoms with Crippen LogP contribution in [0.4, 0.5) is 0 Å². The highest BCUT2D eigenvalue weighted by atomic mass is 32.1. The summed E-state index contributed by atoms with van der Waals surface area (Å²) in [6.45, 7) is 15.1. The normalized spacial score (nSPS) is 11.2. The molecule has 0 saturated carbocycles. The van der Waals surface area contributed by atoms with E-state index in [1.165, 1.54) is 243 Å². The van der Waals surface area contributed by atoms with E-state index in [4.69, 9.17) is 4.42 Å². The summed E-state index contributed by atoms with van der Waals surface area (Å²) in [7, 11) is 0. The van der Waals surface area contributed by atoms with E-state index in [9.17, 15) is 0 Å². The lowest BCUT2D eigenvalue weighted by Crippen LogP contribution is -1.82. The molecule has 0 saturated heterocycles. The van der Waals surface area contributed by atoms with E-state index in [2.05, 4.69) is 510 Å². The fourth-order valence-electron chi connectivity index (χ4n) is 19.5. The van der Waals surface area contributed by atoms with Crippen molar-refractivity contribution < 1.29 is 4.42 Å². The SMILES string of the molecule is Cc1ccc(-c2cccc3c2sc2ccccc23)cc1.Cc1cccc(-c2ccc3sc4ccccc4c3c2)c1.Cc1cccc(-c2cccc3c2sc2ccccc23)c1.Cc1cccc2c1oc1c(-c3ccccc3)cccc12.Cc1cccc2c1sc1c(-c3ccccc3)cccc12.Cc1ccccc1-c1ccc2sc3ccccc3c2c1.Cc1ccccc1-c1cccc2c1sc1ccccc12. The van der Waals surface area contributed by atoms with Crippen molar-refractivity contribution in [2.45, 2.75) is 48.5 Å². The molecule has 7 aromatic heterocycles. The highest BCUT2D eigenvalue weighted by Gasteiger charge is 2.19. The van der Waals surface area contributed by atoms with Crippen LogP contribution in [0.5, 0.6) is 0 Å². The average Bonchev–Trinajstić information content (AvgIpc) is 1.62. The fraction of sp³-hybridized carbons (Fsp3) is 0.0526. The molecular formula is C133H98OS6. The van der Waals surface area contributed by atoms with E-state index in [0.717, 1.165) is 16.7 Å². The Morgan fingerprint density at radius 1 is 0.136 bits per heavy atom. The Hall–Kier alpha value is -15.3. The van der Waals surface area contributed by atoms with Gasteiger partial charge in [-0.1, -0.05) is 429 Å². The molecule has 7 heteroatoms. The molecule has 0 bridgehead atoms. The lowest BCUT2D eigenvalue weighted by molar-refractivity contribution is 0.667. The quantitative estimate of drug-likeness (QED) is 0.155. The molecule has 1 nitrogen and oxygen atoms in total. The molecule has 140 heavy (non-hydrogen) atoms. The number of thiophene rings is 6. The molecule has 0 spiro atoms. The number of fused-ring (bicyclic) bond motifs is 21. The second kappa shape index (κ2) is 40.1. The first kappa shape index (κ1) is 89.9. The lowest BCUT2D eigenvalue weighted by atomic mass is 9.99. The smallest absolute Gasteiger partial charge is 0.143 e. The largest absolute Gasteiger partial charge is 0.455 e. The zero-order valence-electron chi connectivity index (χ0n) is 78.8. The number of hydrogen-bond donors (Lipinski definition) is 0. The molecule has 0 aliphatic heterocycles. The Kier molecular flexibility index (Phi) is 25.7. The van der Waals surface area contributed by atoms with Crippen LogP contribution in [0.25, 0.3) is 221 Å². The zero-order valence-corrected chi connectivity index (χ0v) is 83.7. The topological polar surface area (TPSA) is 13.1 Å². The van der Waals surface area contributed by atoms with Gasteiger partial charge in [-0.05, 0) is 198 Å². The fourth-order valence-corrected chi connectivity index (χ4v) is 26.6. The number of benzene rings is 21. The Bertz CT molecular complexity index is 9240. The Balaban J connectivity index is 0.0000000939. The first-order valence-electron chi connectivity index (χ1n) is 47.6. The predicted octanol–water partition coefficient (Wildman–Crippen LogP) is 41.7. The Labute approximate surface area is 840 Å². The summed E-state index contributed by atoms with van der Waals surface area (Å²) in [5.41, 5.74) is 29.2. The third kappa shape index (κ3) is 18.2. The van der Waals surface area contributed by atoms with Gasteiger partial charge in [-0.3, -0.25) is 0 Å². The molecule has 0 unspecified atom stereocenters. The number of hydrogen-bond acceptors (Lipinski definition) is 7. The van der Waals surface area contributed by atoms with E-state index >= 15 is 0 Å². The summed E-state index contributed by atoms with van der Waals surface area (Å²) >= 11 is 11.3. The van der Waals surface area contributed by atoms with Gasteiger partial charge in [0.25, 0.3) is 0 Å². The number of aryl methyl sites for hydroxylation is 7. The van der Waals surface area contributed by atoms with E-state index in [1.807, 2.05) is 74.1 Å². The van der Waals surface area contributed by atoms with Gasteiger partial charge < -0.3 is 4.42 Å². The molecule has 0 aliphatic rings. The van der Waals surface area contributed by atoms with Crippen LogP contribution in [0.3, 0.4) is 0 Å². The lowest BCUT2D eigenvalue weighted by Gasteiger charge is -2.06. The maximum Gasteiger partial charge on any atom is 0.143 e. The number of rotatable bonds is 7. The third-order valence-electron chi connectivity index (χ3n) is 26.5. The molecule has 0 amide bonds. The Morgan fingerprint density at radius 3 is 0.929 bits per heavy atom. The van der Waals surface area contributed by atoms with Gasteiger partial charge in [-0.15, -0.1) is 68.0 Å². The van der Waals surface area contributed by atoms with E-state index in [-0.39, 0.29) is 0 Å². The average molecular weight is 1900 g/mol. The molecule has 28 rings (SSSR count). The van der Waals surface area contributed by atoms with Crippen LogP contribution in [-0.2, 0) is 0 Å². The van der Waals surface area contributed by atoms with Crippen molar-refractivity contribution >= 4 is 211 Å². The van der Waals surface area contributed by atoms with E-state index in [0.29, 0.717) is 0 Å². The van der Waals surface area contributed by atoms with E-state index in [1.54, 1.807) is 0 Å². The van der Waals surface area contributed by atoms with Crippen LogP contribution in [-0.4, -0.2) is 0 Å². The van der Waals surface area contributed by atoms with Crippen molar-refractivity contribution in [1.82, 2.24) is 0 Å². The van der Waals surface area contributed by atoms with Crippen LogP contribution in [0.2, 0.25) is 0 Å². The van der Waals surface area contributed by atoms with Crippen molar-refractivity contribution in [2.75, 3.05) is 0 Å². The number of para-hydroxylation sites is 2. The monoisotopic (exact) mass is 1900 g/mol. The van der Waals surface area contributed by atoms with E-state index < -0.39 is 0 Å². The summed E-state index contributed by atoms with van der Waals surface area (Å²) < 4.78 is 22.7. The maximum absolute atomic E-state index is 6.17. The summed E-state index contributed by atoms with van der Waals surface area (Å²) in [6, 6.07) is 167. The van der Waals surface area contributed by atoms with Gasteiger partial charge in [0.2, 0.25) is 0 Å². The second-order valence-corrected chi connectivity index (χ2v) is 42.2. The predicted molar refractivity (Wildman–Crippen MR) is 621 cm³/mol. The summed E-state index contributed by atoms with van der Waals surface area (Å²) in [6.07, 6.45) is 0. The van der Waals surface area contributed by atoms with Crippen LogP contribution >= 0.6 is 68.0 Å². The van der Waals surface area contributed by atoms with Gasteiger partial charge in [0.1, 0.15) is 11.2 Å². The number of furan rings is 1. The van der Waals surface area contributed by atoms with Gasteiger partial charge >= 0.3 is 0 Å². The van der Waals surface area contributed by atoms with Crippen molar-refractivity contribution in [3.05, 3.63) is 506 Å². The molecule has 0 radical (unpaired) electrons. The first-order chi connectivity index (χ1) is 68.8. The third-order valence-corrected chi connectivity index (χ3v) is 33.9. The van der Waals surface area contributed by atoms with Gasteiger partial charge in [0, 0.05) is 137 Å². The van der Waals surface area contributed by atoms with Gasteiger partial charge in [0.15, 0.2) is 0 Å². The summed E-state index contributed by atoms with van der Waals surface area (Å²) in [4.78, 5) is 0. The van der Waals surface area contributed by atoms with Crippen LogP contribution in [0, 0.1) is 48.5 Å². The molecule has 0 aliphatic carbocycles. The molecule has 0 N–H and O–H groups in total. The summed E-state index contributed by atoms with van der Waals surface area (Å²) in [5.74, 6) is 0. The standard InChI is InChI=1S/C19H14O.6C19H14S/c1-13-7-5-11-16-17-12-6-10-15(19(17)20-18(13)16)14-8-3-2-4-9-14;1-13-6-4-7-14(12-13)15-9-5-10-17-16-8-2-3-11-18(16)20-19(15)17;1-13-7-2-3-8-14(13)16-10-6-11-17-15-9-4-5-12-18(15)20-19(16)17;1-13-5-4-6-14(11-13)15-9-10-19-17(12-15)16-7-2-3-8-18(16)20-19;1-13-6-2-3-7-15(13)14-10-11-19-17(12-14)16-8-4-5-9-18(16)20-19;1-13-9-11-14(12-10-13)15-6-4-7-17-16-5-2-3-8-18(16)20-19(15)17;1-13-7-5-11-16-17-12-6-10-15(19(17)20-18(13)16)14-8-3-2-4-9-14/h7*2-12H,1H3. The molecule has 672 valence electrons. The molecule has 21 aromatic carbocycles. The Morgan fingerprint density at radius 2 is 0.421 bits per heavy atom.